The molecule has 0 saturated carbocycles. The largest absolute Gasteiger partial charge is 0.355 e. The van der Waals surface area contributed by atoms with E-state index >= 15 is 0 Å². The maximum atomic E-state index is 12.5. The first-order chi connectivity index (χ1) is 12.4. The summed E-state index contributed by atoms with van der Waals surface area (Å²) in [6.07, 6.45) is 3.01. The van der Waals surface area contributed by atoms with Crippen molar-refractivity contribution in [1.82, 2.24) is 15.6 Å². The number of amides is 3. The number of aromatic nitrogens is 1. The van der Waals surface area contributed by atoms with Gasteiger partial charge in [0.25, 0.3) is 5.91 Å². The zero-order valence-corrected chi connectivity index (χ0v) is 15.6. The van der Waals surface area contributed by atoms with Crippen LogP contribution in [0.3, 0.4) is 0 Å². The average Bonchev–Trinajstić information content (AvgIpc) is 2.89. The van der Waals surface area contributed by atoms with Crippen molar-refractivity contribution in [3.63, 3.8) is 0 Å². The normalized spacial score (nSPS) is 23.5. The summed E-state index contributed by atoms with van der Waals surface area (Å²) < 4.78 is 0. The third-order valence-corrected chi connectivity index (χ3v) is 5.54. The van der Waals surface area contributed by atoms with E-state index in [-0.39, 0.29) is 11.8 Å². The maximum Gasteiger partial charge on any atom is 0.322 e. The van der Waals surface area contributed by atoms with Gasteiger partial charge in [0.2, 0.25) is 0 Å². The molecule has 3 amide bonds. The molecule has 2 fully saturated rings. The Bertz CT molecular complexity index is 777. The van der Waals surface area contributed by atoms with E-state index in [4.69, 9.17) is 0 Å². The summed E-state index contributed by atoms with van der Waals surface area (Å²) in [7, 11) is 0. The highest BCUT2D eigenvalue weighted by molar-refractivity contribution is 6.07. The standard InChI is InChI=1S/C19H25N5O2/c1-4-7-19(17(25)22-18(26)23-19)14-5-8-24(9-6-14)16-15(11-20)12(2)10-13(3)21-16/h10,14H,4-9H2,1-3H3,(H2,22,23,25,26). The average molecular weight is 355 g/mol. The number of pyridine rings is 1. The molecule has 138 valence electrons. The third-order valence-electron chi connectivity index (χ3n) is 5.54. The Morgan fingerprint density at radius 3 is 2.58 bits per heavy atom. The molecule has 1 atom stereocenters. The number of hydrogen-bond donors (Lipinski definition) is 2. The van der Waals surface area contributed by atoms with Crippen molar-refractivity contribution in [3.8, 4) is 6.07 Å². The van der Waals surface area contributed by atoms with Crippen LogP contribution in [0.25, 0.3) is 0 Å². The minimum atomic E-state index is -0.800. The summed E-state index contributed by atoms with van der Waals surface area (Å²) in [5, 5.41) is 14.8. The predicted octanol–water partition coefficient (Wildman–Crippen LogP) is 2.16. The van der Waals surface area contributed by atoms with Crippen molar-refractivity contribution >= 4 is 17.8 Å². The highest BCUT2D eigenvalue weighted by Crippen LogP contribution is 2.36. The number of piperidine rings is 1. The van der Waals surface area contributed by atoms with E-state index in [2.05, 4.69) is 26.6 Å². The number of hydrogen-bond acceptors (Lipinski definition) is 5. The van der Waals surface area contributed by atoms with Crippen LogP contribution in [0.15, 0.2) is 6.07 Å². The second-order valence-corrected chi connectivity index (χ2v) is 7.28. The number of carbonyl (C=O) groups is 2. The van der Waals surface area contributed by atoms with E-state index in [0.717, 1.165) is 36.3 Å². The molecule has 1 unspecified atom stereocenters. The van der Waals surface area contributed by atoms with Gasteiger partial charge in [-0.1, -0.05) is 13.3 Å². The minimum absolute atomic E-state index is 0.0848. The van der Waals surface area contributed by atoms with E-state index in [9.17, 15) is 14.9 Å². The highest BCUT2D eigenvalue weighted by atomic mass is 16.2. The molecular weight excluding hydrogens is 330 g/mol. The van der Waals surface area contributed by atoms with Gasteiger partial charge in [-0.25, -0.2) is 9.78 Å². The van der Waals surface area contributed by atoms with Gasteiger partial charge in [-0.05, 0) is 50.7 Å². The van der Waals surface area contributed by atoms with Crippen LogP contribution in [0.4, 0.5) is 10.6 Å². The first kappa shape index (κ1) is 18.2. The van der Waals surface area contributed by atoms with Crippen LogP contribution in [-0.2, 0) is 4.79 Å². The molecule has 7 heteroatoms. The zero-order chi connectivity index (χ0) is 18.9. The van der Waals surface area contributed by atoms with Gasteiger partial charge in [-0.2, -0.15) is 5.26 Å². The Kier molecular flexibility index (Phi) is 4.86. The van der Waals surface area contributed by atoms with E-state index in [1.54, 1.807) is 0 Å². The lowest BCUT2D eigenvalue weighted by Crippen LogP contribution is -2.56. The second-order valence-electron chi connectivity index (χ2n) is 7.28. The molecule has 7 nitrogen and oxygen atoms in total. The molecule has 0 bridgehead atoms. The third kappa shape index (κ3) is 3.00. The maximum absolute atomic E-state index is 12.5. The van der Waals surface area contributed by atoms with E-state index < -0.39 is 11.6 Å². The number of nitrogens with one attached hydrogen (secondary N) is 2. The predicted molar refractivity (Wildman–Crippen MR) is 97.7 cm³/mol. The molecule has 2 N–H and O–H groups in total. The van der Waals surface area contributed by atoms with Gasteiger partial charge in [0.1, 0.15) is 17.4 Å². The van der Waals surface area contributed by atoms with Crippen LogP contribution in [0, 0.1) is 31.1 Å². The molecule has 0 spiro atoms. The van der Waals surface area contributed by atoms with Crippen LogP contribution in [0.5, 0.6) is 0 Å². The minimum Gasteiger partial charge on any atom is -0.355 e. The summed E-state index contributed by atoms with van der Waals surface area (Å²) in [5.41, 5.74) is 1.64. The fraction of sp³-hybridized carbons (Fsp3) is 0.579. The van der Waals surface area contributed by atoms with Crippen LogP contribution in [-0.4, -0.2) is 35.6 Å². The quantitative estimate of drug-likeness (QED) is 0.807. The Morgan fingerprint density at radius 2 is 2.04 bits per heavy atom. The van der Waals surface area contributed by atoms with Gasteiger partial charge in [0, 0.05) is 18.8 Å². The fourth-order valence-electron chi connectivity index (χ4n) is 4.34. The first-order valence-electron chi connectivity index (χ1n) is 9.18. The number of rotatable bonds is 4. The molecule has 2 saturated heterocycles. The topological polar surface area (TPSA) is 98.1 Å². The van der Waals surface area contributed by atoms with E-state index in [1.807, 2.05) is 26.8 Å². The van der Waals surface area contributed by atoms with Crippen LogP contribution in [0.2, 0.25) is 0 Å². The molecular formula is C19H25N5O2. The lowest BCUT2D eigenvalue weighted by molar-refractivity contribution is -0.126. The summed E-state index contributed by atoms with van der Waals surface area (Å²) in [5.74, 6) is 0.611. The van der Waals surface area contributed by atoms with Gasteiger partial charge < -0.3 is 10.2 Å². The van der Waals surface area contributed by atoms with Gasteiger partial charge >= 0.3 is 6.03 Å². The Hall–Kier alpha value is -2.62. The van der Waals surface area contributed by atoms with Crippen molar-refractivity contribution in [2.45, 2.75) is 52.0 Å². The summed E-state index contributed by atoms with van der Waals surface area (Å²) in [4.78, 5) is 30.9. The smallest absolute Gasteiger partial charge is 0.322 e. The number of nitrogens with zero attached hydrogens (tertiary/aromatic N) is 3. The first-order valence-corrected chi connectivity index (χ1v) is 9.18. The van der Waals surface area contributed by atoms with E-state index in [1.165, 1.54) is 0 Å². The molecule has 3 heterocycles. The molecule has 1 aromatic rings. The number of carbonyl (C=O) groups excluding carboxylic acids is 2. The monoisotopic (exact) mass is 355 g/mol. The van der Waals surface area contributed by atoms with Crippen molar-refractivity contribution < 1.29 is 9.59 Å². The molecule has 0 radical (unpaired) electrons. The van der Waals surface area contributed by atoms with Crippen molar-refractivity contribution in [3.05, 3.63) is 22.9 Å². The van der Waals surface area contributed by atoms with Crippen LogP contribution >= 0.6 is 0 Å². The number of urea groups is 1. The number of nitriles is 1. The highest BCUT2D eigenvalue weighted by Gasteiger charge is 2.51. The number of imide groups is 1. The van der Waals surface area contributed by atoms with Gasteiger partial charge in [0.15, 0.2) is 0 Å². The van der Waals surface area contributed by atoms with Gasteiger partial charge in [0.05, 0.1) is 5.56 Å². The number of anilines is 1. The van der Waals surface area contributed by atoms with Crippen LogP contribution < -0.4 is 15.5 Å². The molecule has 3 rings (SSSR count). The Morgan fingerprint density at radius 1 is 1.35 bits per heavy atom. The molecule has 0 aromatic carbocycles. The second kappa shape index (κ2) is 6.94. The van der Waals surface area contributed by atoms with Crippen LogP contribution in [0.1, 0.15) is 49.4 Å². The number of aryl methyl sites for hydroxylation is 2. The summed E-state index contributed by atoms with van der Waals surface area (Å²) in [6, 6.07) is 3.80. The lowest BCUT2D eigenvalue weighted by atomic mass is 9.75. The molecule has 1 aromatic heterocycles. The zero-order valence-electron chi connectivity index (χ0n) is 15.6. The van der Waals surface area contributed by atoms with Crippen molar-refractivity contribution in [2.75, 3.05) is 18.0 Å². The fourth-order valence-corrected chi connectivity index (χ4v) is 4.34. The molecule has 2 aliphatic rings. The summed E-state index contributed by atoms with van der Waals surface area (Å²) in [6.45, 7) is 7.30. The lowest BCUT2D eigenvalue weighted by Gasteiger charge is -2.41. The Labute approximate surface area is 153 Å². The molecule has 2 aliphatic heterocycles. The Balaban J connectivity index is 1.81. The van der Waals surface area contributed by atoms with Crippen molar-refractivity contribution in [2.24, 2.45) is 5.92 Å². The molecule has 0 aliphatic carbocycles. The molecule has 26 heavy (non-hydrogen) atoms. The van der Waals surface area contributed by atoms with E-state index in [0.29, 0.717) is 25.1 Å². The van der Waals surface area contributed by atoms with Crippen molar-refractivity contribution in [1.29, 1.82) is 5.26 Å². The SMILES string of the molecule is CCCC1(C2CCN(c3nc(C)cc(C)c3C#N)CC2)NC(=O)NC1=O. The summed E-state index contributed by atoms with van der Waals surface area (Å²) >= 11 is 0. The van der Waals surface area contributed by atoms with Gasteiger partial charge in [-0.3, -0.25) is 10.1 Å². The van der Waals surface area contributed by atoms with Gasteiger partial charge in [-0.15, -0.1) is 0 Å².